The van der Waals surface area contributed by atoms with Crippen molar-refractivity contribution in [2.45, 2.75) is 25.1 Å². The van der Waals surface area contributed by atoms with Crippen LogP contribution in [0.5, 0.6) is 5.75 Å². The largest absolute Gasteiger partial charge is 0.491 e. The Bertz CT molecular complexity index is 1200. The minimum Gasteiger partial charge on any atom is -0.491 e. The van der Waals surface area contributed by atoms with Gasteiger partial charge in [-0.1, -0.05) is 0 Å². The lowest BCUT2D eigenvalue weighted by Gasteiger charge is -2.31. The predicted molar refractivity (Wildman–Crippen MR) is 118 cm³/mol. The summed E-state index contributed by atoms with van der Waals surface area (Å²) in [6.45, 7) is 0.389. The van der Waals surface area contributed by atoms with E-state index in [0.717, 1.165) is 29.5 Å². The maximum absolute atomic E-state index is 14.2. The summed E-state index contributed by atoms with van der Waals surface area (Å²) in [6, 6.07) is 5.51. The quantitative estimate of drug-likeness (QED) is 0.379. The molecule has 4 N–H and O–H groups in total. The van der Waals surface area contributed by atoms with E-state index in [0.29, 0.717) is 0 Å². The Hall–Kier alpha value is -3.58. The van der Waals surface area contributed by atoms with Crippen molar-refractivity contribution < 1.29 is 37.0 Å². The number of ether oxygens (including phenoxy) is 1. The number of rotatable bonds is 9. The summed E-state index contributed by atoms with van der Waals surface area (Å²) >= 11 is 0.902. The van der Waals surface area contributed by atoms with Crippen molar-refractivity contribution in [2.24, 2.45) is 5.73 Å². The van der Waals surface area contributed by atoms with E-state index in [-0.39, 0.29) is 34.1 Å². The lowest BCUT2D eigenvalue weighted by molar-refractivity contribution is -0.265. The zero-order valence-corrected chi connectivity index (χ0v) is 19.0. The molecule has 0 aliphatic heterocycles. The maximum Gasteiger partial charge on any atom is 0.424 e. The summed E-state index contributed by atoms with van der Waals surface area (Å²) in [4.78, 5) is 31.6. The highest BCUT2D eigenvalue weighted by atomic mass is 32.1. The van der Waals surface area contributed by atoms with E-state index in [2.05, 4.69) is 9.97 Å². The number of nitrogens with zero attached hydrogens (tertiary/aromatic N) is 2. The van der Waals surface area contributed by atoms with Crippen molar-refractivity contribution in [3.8, 4) is 17.0 Å². The molecule has 0 radical (unpaired) electrons. The Morgan fingerprint density at radius 1 is 1.23 bits per heavy atom. The van der Waals surface area contributed by atoms with Crippen LogP contribution in [0.3, 0.4) is 0 Å². The number of alkyl halides is 3. The van der Waals surface area contributed by atoms with Gasteiger partial charge in [-0.3, -0.25) is 14.6 Å². The first-order valence-electron chi connectivity index (χ1n) is 10.1. The topological polar surface area (TPSA) is 127 Å². The van der Waals surface area contributed by atoms with Gasteiger partial charge >= 0.3 is 6.18 Å². The summed E-state index contributed by atoms with van der Waals surface area (Å²) in [5, 5.41) is 12.9. The molecule has 0 spiro atoms. The van der Waals surface area contributed by atoms with E-state index in [1.165, 1.54) is 23.8 Å². The summed E-state index contributed by atoms with van der Waals surface area (Å²) in [7, 11) is 0. The minimum atomic E-state index is -5.29. The van der Waals surface area contributed by atoms with E-state index in [9.17, 15) is 32.3 Å². The minimum absolute atomic E-state index is 0.0376. The Kier molecular flexibility index (Phi) is 7.70. The van der Waals surface area contributed by atoms with Crippen LogP contribution in [0.2, 0.25) is 0 Å². The van der Waals surface area contributed by atoms with E-state index in [1.807, 2.05) is 5.32 Å². The predicted octanol–water partition coefficient (Wildman–Crippen LogP) is 2.95. The number of carbonyl (C=O) groups excluding carboxylic acids is 2. The average Bonchev–Trinajstić information content (AvgIpc) is 3.33. The van der Waals surface area contributed by atoms with E-state index in [4.69, 9.17) is 10.5 Å². The summed E-state index contributed by atoms with van der Waals surface area (Å²) in [5.74, 6) is -2.39. The number of aliphatic hydroxyl groups is 1. The third-order valence-corrected chi connectivity index (χ3v) is 5.65. The summed E-state index contributed by atoms with van der Waals surface area (Å²) in [6.07, 6.45) is -4.66. The third-order valence-electron chi connectivity index (χ3n) is 4.87. The lowest BCUT2D eigenvalue weighted by Crippen LogP contribution is -2.51. The number of primary amides is 1. The van der Waals surface area contributed by atoms with Gasteiger partial charge in [0.25, 0.3) is 5.91 Å². The Morgan fingerprint density at radius 3 is 2.46 bits per heavy atom. The van der Waals surface area contributed by atoms with Crippen LogP contribution in [0, 0.1) is 5.82 Å². The van der Waals surface area contributed by atoms with Crippen LogP contribution >= 0.6 is 11.3 Å². The molecule has 8 nitrogen and oxygen atoms in total. The van der Waals surface area contributed by atoms with Gasteiger partial charge in [0.2, 0.25) is 11.5 Å². The molecule has 3 rings (SSSR count). The van der Waals surface area contributed by atoms with Crippen LogP contribution in [-0.4, -0.2) is 46.2 Å². The first-order chi connectivity index (χ1) is 16.5. The molecule has 0 aliphatic carbocycles. The van der Waals surface area contributed by atoms with Gasteiger partial charge in [-0.15, -0.1) is 11.3 Å². The fourth-order valence-electron chi connectivity index (χ4n) is 3.19. The number of hydrogen-bond acceptors (Lipinski definition) is 7. The van der Waals surface area contributed by atoms with Gasteiger partial charge in [-0.25, -0.2) is 9.37 Å². The fourth-order valence-corrected chi connectivity index (χ4v) is 3.72. The summed E-state index contributed by atoms with van der Waals surface area (Å²) in [5.41, 5.74) is 1.97. The Balaban J connectivity index is 2.17. The van der Waals surface area contributed by atoms with Crippen molar-refractivity contribution in [1.82, 2.24) is 15.3 Å². The highest BCUT2D eigenvalue weighted by molar-refractivity contribution is 7.11. The third kappa shape index (κ3) is 5.74. The van der Waals surface area contributed by atoms with Crippen LogP contribution in [0.15, 0.2) is 42.0 Å². The molecular weight excluding hydrogens is 492 g/mol. The van der Waals surface area contributed by atoms with Crippen molar-refractivity contribution in [2.75, 3.05) is 13.2 Å². The van der Waals surface area contributed by atoms with Gasteiger partial charge in [-0.05, 0) is 37.3 Å². The highest BCUT2D eigenvalue weighted by Crippen LogP contribution is 2.42. The van der Waals surface area contributed by atoms with Crippen LogP contribution in [0.1, 0.15) is 27.9 Å². The molecule has 186 valence electrons. The molecule has 0 fully saturated rings. The number of aromatic nitrogens is 2. The van der Waals surface area contributed by atoms with Gasteiger partial charge in [0.1, 0.15) is 22.1 Å². The lowest BCUT2D eigenvalue weighted by atomic mass is 9.93. The van der Waals surface area contributed by atoms with Crippen LogP contribution < -0.4 is 15.8 Å². The molecule has 0 bridgehead atoms. The number of thiazole rings is 1. The number of nitrogens with one attached hydrogen (secondary N) is 1. The maximum atomic E-state index is 14.2. The van der Waals surface area contributed by atoms with Gasteiger partial charge in [0, 0.05) is 11.1 Å². The molecule has 0 saturated carbocycles. The number of pyridine rings is 1. The number of nitrogens with two attached hydrogens (primary N) is 1. The van der Waals surface area contributed by atoms with Gasteiger partial charge < -0.3 is 20.9 Å². The van der Waals surface area contributed by atoms with Gasteiger partial charge in [-0.2, -0.15) is 13.2 Å². The second-order valence-electron chi connectivity index (χ2n) is 7.33. The normalized spacial score (nSPS) is 13.2. The molecule has 13 heteroatoms. The number of amides is 2. The second kappa shape index (κ2) is 10.4. The molecule has 1 aromatic carbocycles. The van der Waals surface area contributed by atoms with E-state index in [1.54, 1.807) is 6.92 Å². The first kappa shape index (κ1) is 26.0. The second-order valence-corrected chi connectivity index (χ2v) is 8.22. The molecule has 2 aromatic heterocycles. The molecule has 0 saturated heterocycles. The van der Waals surface area contributed by atoms with Crippen molar-refractivity contribution in [3.05, 3.63) is 64.0 Å². The van der Waals surface area contributed by atoms with E-state index < -0.39 is 48.1 Å². The number of carbonyl (C=O) groups is 2. The Morgan fingerprint density at radius 2 is 1.91 bits per heavy atom. The molecule has 3 aromatic rings. The number of halogens is 4. The molecular formula is C22H20F4N4O4S. The first-order valence-corrected chi connectivity index (χ1v) is 11.0. The molecule has 0 aliphatic rings. The van der Waals surface area contributed by atoms with Gasteiger partial charge in [0.15, 0.2) is 0 Å². The SMILES string of the molecule is CCOc1c(CC(N)=O)cc([C@@](O)(CNC(=O)c2cncs2)C(F)(F)F)nc1-c1ccc(F)cc1. The monoisotopic (exact) mass is 512 g/mol. The van der Waals surface area contributed by atoms with Crippen molar-refractivity contribution in [1.29, 1.82) is 0 Å². The fraction of sp³-hybridized carbons (Fsp3) is 0.273. The van der Waals surface area contributed by atoms with Crippen molar-refractivity contribution in [3.63, 3.8) is 0 Å². The van der Waals surface area contributed by atoms with Crippen LogP contribution in [0.4, 0.5) is 17.6 Å². The molecule has 2 amide bonds. The highest BCUT2D eigenvalue weighted by Gasteiger charge is 2.56. The molecule has 1 atom stereocenters. The Labute approximate surface area is 200 Å². The zero-order valence-electron chi connectivity index (χ0n) is 18.2. The molecule has 0 unspecified atom stereocenters. The standard InChI is InChI=1S/C22H20F4N4O4S/c1-2-34-19-13(8-17(27)31)7-16(30-18(19)12-3-5-14(23)6-4-12)21(33,22(24,25)26)10-29-20(32)15-9-28-11-35-15/h3-7,9,11,33H,2,8,10H2,1H3,(H2,27,31)(H,29,32)/t21-/m0/s1. The molecule has 35 heavy (non-hydrogen) atoms. The average molecular weight is 512 g/mol. The van der Waals surface area contributed by atoms with Gasteiger partial charge in [0.05, 0.1) is 37.0 Å². The number of benzene rings is 1. The van der Waals surface area contributed by atoms with E-state index >= 15 is 0 Å². The molecule has 2 heterocycles. The summed E-state index contributed by atoms with van der Waals surface area (Å²) < 4.78 is 61.6. The number of hydrogen-bond donors (Lipinski definition) is 3. The van der Waals surface area contributed by atoms with Crippen LogP contribution in [0.25, 0.3) is 11.3 Å². The smallest absolute Gasteiger partial charge is 0.424 e. The van der Waals surface area contributed by atoms with Crippen molar-refractivity contribution >= 4 is 23.2 Å². The zero-order chi connectivity index (χ0) is 25.8. The van der Waals surface area contributed by atoms with Crippen LogP contribution in [-0.2, 0) is 16.8 Å².